The first-order chi connectivity index (χ1) is 6.74. The molecule has 1 aromatic carbocycles. The van der Waals surface area contributed by atoms with Gasteiger partial charge in [-0.25, -0.2) is 0 Å². The van der Waals surface area contributed by atoms with E-state index in [9.17, 15) is 0 Å². The second-order valence-electron chi connectivity index (χ2n) is 3.46. The Kier molecular flexibility index (Phi) is 3.96. The highest BCUT2D eigenvalue weighted by molar-refractivity contribution is 5.59. The van der Waals surface area contributed by atoms with Gasteiger partial charge in [0.25, 0.3) is 0 Å². The van der Waals surface area contributed by atoms with Crippen molar-refractivity contribution in [1.82, 2.24) is 0 Å². The predicted octanol–water partition coefficient (Wildman–Crippen LogP) is 2.30. The summed E-state index contributed by atoms with van der Waals surface area (Å²) in [6, 6.07) is 6.33. The Morgan fingerprint density at radius 2 is 1.86 bits per heavy atom. The number of hydrogen-bond acceptors (Lipinski definition) is 2. The lowest BCUT2D eigenvalue weighted by Crippen LogP contribution is -2.24. The molecule has 0 amide bonds. The minimum atomic E-state index is 0.619. The maximum absolute atomic E-state index is 5.74. The molecule has 0 saturated carbocycles. The number of nitrogens with zero attached hydrogens (tertiary/aromatic N) is 1. The molecule has 78 valence electrons. The van der Waals surface area contributed by atoms with Crippen LogP contribution >= 0.6 is 0 Å². The van der Waals surface area contributed by atoms with Gasteiger partial charge in [-0.3, -0.25) is 0 Å². The maximum Gasteiger partial charge on any atom is 0.0441 e. The first-order valence-electron chi connectivity index (χ1n) is 5.28. The molecule has 0 radical (unpaired) electrons. The van der Waals surface area contributed by atoms with Crippen molar-refractivity contribution in [3.63, 3.8) is 0 Å². The van der Waals surface area contributed by atoms with Crippen LogP contribution in [0.3, 0.4) is 0 Å². The van der Waals surface area contributed by atoms with Gasteiger partial charge < -0.3 is 10.6 Å². The molecule has 14 heavy (non-hydrogen) atoms. The molecular formula is C12H20N2. The van der Waals surface area contributed by atoms with Crippen LogP contribution in [0.5, 0.6) is 0 Å². The van der Waals surface area contributed by atoms with Crippen LogP contribution in [0.25, 0.3) is 0 Å². The average Bonchev–Trinajstić information content (AvgIpc) is 2.22. The highest BCUT2D eigenvalue weighted by Gasteiger charge is 2.09. The molecule has 1 rings (SSSR count). The topological polar surface area (TPSA) is 29.3 Å². The zero-order chi connectivity index (χ0) is 10.6. The van der Waals surface area contributed by atoms with Crippen LogP contribution in [0.2, 0.25) is 0 Å². The summed E-state index contributed by atoms with van der Waals surface area (Å²) in [5, 5.41) is 0. The Balaban J connectivity index is 3.14. The van der Waals surface area contributed by atoms with Gasteiger partial charge in [0, 0.05) is 25.3 Å². The van der Waals surface area contributed by atoms with Crippen LogP contribution in [-0.2, 0) is 6.54 Å². The smallest absolute Gasteiger partial charge is 0.0441 e. The Morgan fingerprint density at radius 1 is 1.21 bits per heavy atom. The van der Waals surface area contributed by atoms with E-state index in [0.717, 1.165) is 13.1 Å². The number of rotatable bonds is 4. The number of benzene rings is 1. The van der Waals surface area contributed by atoms with Crippen molar-refractivity contribution < 1.29 is 0 Å². The van der Waals surface area contributed by atoms with Gasteiger partial charge in [0.15, 0.2) is 0 Å². The van der Waals surface area contributed by atoms with Gasteiger partial charge in [0.05, 0.1) is 0 Å². The molecule has 0 unspecified atom stereocenters. The number of para-hydroxylation sites is 1. The van der Waals surface area contributed by atoms with E-state index in [0.29, 0.717) is 6.54 Å². The first-order valence-corrected chi connectivity index (χ1v) is 5.28. The standard InChI is InChI=1S/C12H20N2/c1-4-14(5-2)12-10(3)7-6-8-11(12)9-13/h6-8H,4-5,9,13H2,1-3H3. The van der Waals surface area contributed by atoms with E-state index in [-0.39, 0.29) is 0 Å². The zero-order valence-electron chi connectivity index (χ0n) is 9.38. The van der Waals surface area contributed by atoms with E-state index in [1.165, 1.54) is 16.8 Å². The van der Waals surface area contributed by atoms with Crippen LogP contribution in [0.15, 0.2) is 18.2 Å². The number of anilines is 1. The number of nitrogens with two attached hydrogens (primary N) is 1. The fraction of sp³-hybridized carbons (Fsp3) is 0.500. The molecule has 0 aliphatic heterocycles. The molecule has 0 atom stereocenters. The minimum absolute atomic E-state index is 0.619. The van der Waals surface area contributed by atoms with Crippen molar-refractivity contribution in [2.75, 3.05) is 18.0 Å². The number of aryl methyl sites for hydroxylation is 1. The molecule has 0 heterocycles. The molecule has 0 bridgehead atoms. The highest BCUT2D eigenvalue weighted by atomic mass is 15.1. The molecule has 2 heteroatoms. The third-order valence-corrected chi connectivity index (χ3v) is 2.62. The lowest BCUT2D eigenvalue weighted by atomic mass is 10.1. The molecular weight excluding hydrogens is 172 g/mol. The third-order valence-electron chi connectivity index (χ3n) is 2.62. The van der Waals surface area contributed by atoms with E-state index < -0.39 is 0 Å². The molecule has 0 aromatic heterocycles. The van der Waals surface area contributed by atoms with E-state index in [1.54, 1.807) is 0 Å². The van der Waals surface area contributed by atoms with E-state index >= 15 is 0 Å². The maximum atomic E-state index is 5.74. The lowest BCUT2D eigenvalue weighted by molar-refractivity contribution is 0.848. The summed E-state index contributed by atoms with van der Waals surface area (Å²) in [4.78, 5) is 2.36. The Morgan fingerprint density at radius 3 is 2.36 bits per heavy atom. The second kappa shape index (κ2) is 5.01. The highest BCUT2D eigenvalue weighted by Crippen LogP contribution is 2.24. The first kappa shape index (κ1) is 11.1. The summed E-state index contributed by atoms with van der Waals surface area (Å²) >= 11 is 0. The predicted molar refractivity (Wildman–Crippen MR) is 62.6 cm³/mol. The normalized spacial score (nSPS) is 10.3. The van der Waals surface area contributed by atoms with E-state index in [2.05, 4.69) is 43.9 Å². The van der Waals surface area contributed by atoms with Gasteiger partial charge >= 0.3 is 0 Å². The summed E-state index contributed by atoms with van der Waals surface area (Å²) in [5.74, 6) is 0. The van der Waals surface area contributed by atoms with E-state index in [4.69, 9.17) is 5.73 Å². The molecule has 0 aliphatic rings. The molecule has 0 fully saturated rings. The van der Waals surface area contributed by atoms with Crippen LogP contribution in [-0.4, -0.2) is 13.1 Å². The molecule has 0 aliphatic carbocycles. The van der Waals surface area contributed by atoms with Crippen molar-refractivity contribution >= 4 is 5.69 Å². The van der Waals surface area contributed by atoms with Crippen molar-refractivity contribution in [3.05, 3.63) is 29.3 Å². The van der Waals surface area contributed by atoms with Crippen molar-refractivity contribution in [2.24, 2.45) is 5.73 Å². The largest absolute Gasteiger partial charge is 0.372 e. The molecule has 2 nitrogen and oxygen atoms in total. The van der Waals surface area contributed by atoms with Crippen LogP contribution in [0.1, 0.15) is 25.0 Å². The molecule has 0 saturated heterocycles. The minimum Gasteiger partial charge on any atom is -0.372 e. The second-order valence-corrected chi connectivity index (χ2v) is 3.46. The Labute approximate surface area is 86.7 Å². The average molecular weight is 192 g/mol. The van der Waals surface area contributed by atoms with Gasteiger partial charge in [-0.05, 0) is 31.9 Å². The number of hydrogen-bond donors (Lipinski definition) is 1. The zero-order valence-corrected chi connectivity index (χ0v) is 9.38. The van der Waals surface area contributed by atoms with Crippen molar-refractivity contribution in [2.45, 2.75) is 27.3 Å². The van der Waals surface area contributed by atoms with Gasteiger partial charge in [-0.15, -0.1) is 0 Å². The SMILES string of the molecule is CCN(CC)c1c(C)cccc1CN. The Hall–Kier alpha value is -1.02. The monoisotopic (exact) mass is 192 g/mol. The van der Waals surface area contributed by atoms with Crippen molar-refractivity contribution in [3.8, 4) is 0 Å². The fourth-order valence-electron chi connectivity index (χ4n) is 1.88. The third kappa shape index (κ3) is 2.07. The molecule has 2 N–H and O–H groups in total. The van der Waals surface area contributed by atoms with Crippen LogP contribution in [0, 0.1) is 6.92 Å². The van der Waals surface area contributed by atoms with Crippen molar-refractivity contribution in [1.29, 1.82) is 0 Å². The summed E-state index contributed by atoms with van der Waals surface area (Å²) < 4.78 is 0. The fourth-order valence-corrected chi connectivity index (χ4v) is 1.88. The summed E-state index contributed by atoms with van der Waals surface area (Å²) in [6.07, 6.45) is 0. The van der Waals surface area contributed by atoms with Crippen LogP contribution < -0.4 is 10.6 Å². The van der Waals surface area contributed by atoms with Gasteiger partial charge in [0.2, 0.25) is 0 Å². The van der Waals surface area contributed by atoms with Gasteiger partial charge in [-0.2, -0.15) is 0 Å². The molecule has 0 spiro atoms. The quantitative estimate of drug-likeness (QED) is 0.793. The summed E-state index contributed by atoms with van der Waals surface area (Å²) in [5.41, 5.74) is 9.62. The summed E-state index contributed by atoms with van der Waals surface area (Å²) in [7, 11) is 0. The van der Waals surface area contributed by atoms with Gasteiger partial charge in [0.1, 0.15) is 0 Å². The van der Waals surface area contributed by atoms with Crippen LogP contribution in [0.4, 0.5) is 5.69 Å². The molecule has 1 aromatic rings. The van der Waals surface area contributed by atoms with E-state index in [1.807, 2.05) is 0 Å². The summed E-state index contributed by atoms with van der Waals surface area (Å²) in [6.45, 7) is 9.19. The lowest BCUT2D eigenvalue weighted by Gasteiger charge is -2.25. The Bertz CT molecular complexity index is 290. The van der Waals surface area contributed by atoms with Gasteiger partial charge in [-0.1, -0.05) is 18.2 Å².